The second-order valence-corrected chi connectivity index (χ2v) is 4.63. The van der Waals surface area contributed by atoms with Crippen LogP contribution in [-0.4, -0.2) is 18.7 Å². The lowest BCUT2D eigenvalue weighted by atomic mass is 10.1. The Balaban J connectivity index is 2.92. The predicted molar refractivity (Wildman–Crippen MR) is 56.5 cm³/mol. The Morgan fingerprint density at radius 2 is 2.25 bits per heavy atom. The Morgan fingerprint density at radius 3 is 2.69 bits per heavy atom. The zero-order chi connectivity index (χ0) is 12.2. The first-order valence-corrected chi connectivity index (χ1v) is 6.24. The van der Waals surface area contributed by atoms with Crippen molar-refractivity contribution in [2.75, 3.05) is 0 Å². The van der Waals surface area contributed by atoms with Gasteiger partial charge in [-0.25, -0.2) is 5.16 Å². The van der Waals surface area contributed by atoms with Crippen molar-refractivity contribution in [1.29, 1.82) is 0 Å². The van der Waals surface area contributed by atoms with Crippen LogP contribution >= 0.6 is 0 Å². The SMILES string of the molecule is CCCCC(=[NH+][O-])c1ccc(S(=O)(=O)O)o1. The average molecular weight is 247 g/mol. The highest BCUT2D eigenvalue weighted by atomic mass is 32.2. The summed E-state index contributed by atoms with van der Waals surface area (Å²) in [5, 5.41) is 11.8. The van der Waals surface area contributed by atoms with Gasteiger partial charge in [-0.2, -0.15) is 8.42 Å². The van der Waals surface area contributed by atoms with Crippen LogP contribution in [0.5, 0.6) is 0 Å². The van der Waals surface area contributed by atoms with E-state index in [1.54, 1.807) is 5.16 Å². The zero-order valence-corrected chi connectivity index (χ0v) is 9.58. The number of hydrogen-bond donors (Lipinski definition) is 2. The molecule has 0 radical (unpaired) electrons. The van der Waals surface area contributed by atoms with Gasteiger partial charge >= 0.3 is 10.1 Å². The van der Waals surface area contributed by atoms with Gasteiger partial charge in [0, 0.05) is 6.42 Å². The Bertz CT molecular complexity index is 474. The molecule has 0 spiro atoms. The van der Waals surface area contributed by atoms with E-state index in [9.17, 15) is 13.6 Å². The summed E-state index contributed by atoms with van der Waals surface area (Å²) >= 11 is 0. The first-order chi connectivity index (χ1) is 7.49. The quantitative estimate of drug-likeness (QED) is 0.332. The van der Waals surface area contributed by atoms with Gasteiger partial charge in [-0.15, -0.1) is 0 Å². The second kappa shape index (κ2) is 5.13. The van der Waals surface area contributed by atoms with Gasteiger partial charge in [-0.1, -0.05) is 13.3 Å². The van der Waals surface area contributed by atoms with Crippen molar-refractivity contribution in [3.05, 3.63) is 23.1 Å². The first-order valence-electron chi connectivity index (χ1n) is 4.80. The Hall–Kier alpha value is -1.34. The molecule has 7 heteroatoms. The maximum absolute atomic E-state index is 10.7. The number of rotatable bonds is 5. The molecule has 16 heavy (non-hydrogen) atoms. The summed E-state index contributed by atoms with van der Waals surface area (Å²) in [6.07, 6.45) is 2.15. The minimum absolute atomic E-state index is 0.135. The number of furan rings is 1. The molecule has 0 aromatic carbocycles. The van der Waals surface area contributed by atoms with Crippen LogP contribution in [-0.2, 0) is 10.1 Å². The molecule has 0 atom stereocenters. The van der Waals surface area contributed by atoms with Crippen molar-refractivity contribution in [3.8, 4) is 0 Å². The highest BCUT2D eigenvalue weighted by Crippen LogP contribution is 2.14. The molecule has 1 rings (SSSR count). The van der Waals surface area contributed by atoms with Gasteiger partial charge in [0.1, 0.15) is 0 Å². The zero-order valence-electron chi connectivity index (χ0n) is 8.76. The fraction of sp³-hybridized carbons (Fsp3) is 0.444. The Morgan fingerprint density at radius 1 is 1.56 bits per heavy atom. The van der Waals surface area contributed by atoms with Crippen LogP contribution in [0.15, 0.2) is 21.6 Å². The first kappa shape index (κ1) is 12.7. The molecular formula is C9H13NO5S. The topological polar surface area (TPSA) is 105 Å². The van der Waals surface area contributed by atoms with Gasteiger partial charge in [-0.05, 0) is 18.6 Å². The summed E-state index contributed by atoms with van der Waals surface area (Å²) in [6, 6.07) is 2.44. The fourth-order valence-corrected chi connectivity index (χ4v) is 1.63. The molecule has 0 aliphatic rings. The third-order valence-corrected chi connectivity index (χ3v) is 2.76. The lowest BCUT2D eigenvalue weighted by Gasteiger charge is -1.97. The fourth-order valence-electron chi connectivity index (χ4n) is 1.20. The summed E-state index contributed by atoms with van der Waals surface area (Å²) in [7, 11) is -4.35. The molecule has 6 nitrogen and oxygen atoms in total. The van der Waals surface area contributed by atoms with Crippen molar-refractivity contribution in [1.82, 2.24) is 0 Å². The molecule has 0 unspecified atom stereocenters. The molecule has 0 amide bonds. The monoisotopic (exact) mass is 247 g/mol. The molecule has 1 aromatic rings. The smallest absolute Gasteiger partial charge is 0.328 e. The Labute approximate surface area is 93.3 Å². The molecule has 2 N–H and O–H groups in total. The highest BCUT2D eigenvalue weighted by Gasteiger charge is 2.19. The molecule has 90 valence electrons. The van der Waals surface area contributed by atoms with Crippen LogP contribution in [0.25, 0.3) is 0 Å². The molecule has 0 bridgehead atoms. The average Bonchev–Trinajstić information content (AvgIpc) is 2.68. The third-order valence-electron chi connectivity index (χ3n) is 2.04. The third kappa shape index (κ3) is 3.07. The van der Waals surface area contributed by atoms with Crippen molar-refractivity contribution in [2.24, 2.45) is 0 Å². The van der Waals surface area contributed by atoms with E-state index in [1.807, 2.05) is 6.92 Å². The lowest BCUT2D eigenvalue weighted by molar-refractivity contribution is -0.374. The van der Waals surface area contributed by atoms with Gasteiger partial charge in [0.15, 0.2) is 5.76 Å². The minimum atomic E-state index is -4.35. The normalized spacial score (nSPS) is 13.0. The maximum Gasteiger partial charge on any atom is 0.328 e. The predicted octanol–water partition coefficient (Wildman–Crippen LogP) is 0.0840. The molecule has 0 saturated carbocycles. The second-order valence-electron chi connectivity index (χ2n) is 3.28. The number of nitrogens with one attached hydrogen (secondary N) is 1. The summed E-state index contributed by atoms with van der Waals surface area (Å²) in [4.78, 5) is 0. The maximum atomic E-state index is 10.7. The van der Waals surface area contributed by atoms with Crippen molar-refractivity contribution in [3.63, 3.8) is 0 Å². The minimum Gasteiger partial charge on any atom is -0.625 e. The van der Waals surface area contributed by atoms with E-state index in [0.717, 1.165) is 18.9 Å². The molecule has 0 saturated heterocycles. The van der Waals surface area contributed by atoms with Gasteiger partial charge < -0.3 is 9.62 Å². The van der Waals surface area contributed by atoms with Gasteiger partial charge in [-0.3, -0.25) is 4.55 Å². The van der Waals surface area contributed by atoms with E-state index in [-0.39, 0.29) is 11.5 Å². The summed E-state index contributed by atoms with van der Waals surface area (Å²) in [5.41, 5.74) is 0.275. The van der Waals surface area contributed by atoms with Gasteiger partial charge in [0.05, 0.1) is 0 Å². The molecular weight excluding hydrogens is 234 g/mol. The van der Waals surface area contributed by atoms with E-state index >= 15 is 0 Å². The van der Waals surface area contributed by atoms with Crippen LogP contribution in [0.1, 0.15) is 31.9 Å². The van der Waals surface area contributed by atoms with E-state index in [0.29, 0.717) is 6.42 Å². The van der Waals surface area contributed by atoms with E-state index in [2.05, 4.69) is 0 Å². The van der Waals surface area contributed by atoms with Crippen molar-refractivity contribution in [2.45, 2.75) is 31.3 Å². The van der Waals surface area contributed by atoms with Crippen molar-refractivity contribution < 1.29 is 22.5 Å². The van der Waals surface area contributed by atoms with E-state index < -0.39 is 15.2 Å². The molecule has 1 aromatic heterocycles. The standard InChI is InChI=1S/C9H13NO5S/c1-2-3-4-7(10-11)8-5-6-9(15-8)16(12,13)14/h5-6,10H,2-4H2,1H3,(H-,11,12,13,14). The highest BCUT2D eigenvalue weighted by molar-refractivity contribution is 7.85. The molecule has 0 aliphatic carbocycles. The number of hydrogen-bond acceptors (Lipinski definition) is 4. The van der Waals surface area contributed by atoms with Crippen LogP contribution in [0.4, 0.5) is 0 Å². The summed E-state index contributed by atoms with van der Waals surface area (Å²) in [5.74, 6) is 0.135. The summed E-state index contributed by atoms with van der Waals surface area (Å²) in [6.45, 7) is 1.97. The van der Waals surface area contributed by atoms with Crippen LogP contribution in [0, 0.1) is 5.21 Å². The molecule has 1 heterocycles. The number of unbranched alkanes of at least 4 members (excludes halogenated alkanes) is 1. The van der Waals surface area contributed by atoms with Gasteiger partial charge in [0.25, 0.3) is 0 Å². The summed E-state index contributed by atoms with van der Waals surface area (Å²) < 4.78 is 35.0. The largest absolute Gasteiger partial charge is 0.625 e. The van der Waals surface area contributed by atoms with E-state index in [4.69, 9.17) is 8.97 Å². The van der Waals surface area contributed by atoms with E-state index in [1.165, 1.54) is 6.07 Å². The van der Waals surface area contributed by atoms with Gasteiger partial charge in [0.2, 0.25) is 10.8 Å². The lowest BCUT2D eigenvalue weighted by Crippen LogP contribution is -2.65. The molecule has 0 aliphatic heterocycles. The molecule has 0 fully saturated rings. The Kier molecular flexibility index (Phi) is 4.08. The van der Waals surface area contributed by atoms with Crippen LogP contribution in [0.3, 0.4) is 0 Å². The van der Waals surface area contributed by atoms with Crippen LogP contribution < -0.4 is 5.16 Å². The van der Waals surface area contributed by atoms with Crippen LogP contribution in [0.2, 0.25) is 0 Å². The van der Waals surface area contributed by atoms with Crippen molar-refractivity contribution >= 4 is 15.8 Å².